The number of anilines is 6. The van der Waals surface area contributed by atoms with Crippen LogP contribution in [0.1, 0.15) is 13.8 Å². The van der Waals surface area contributed by atoms with E-state index in [-0.39, 0.29) is 11.8 Å². The molecule has 0 atom stereocenters. The number of hydrogen-bond acceptors (Lipinski definition) is 7. The maximum Gasteiger partial charge on any atom is 0.444 e. The predicted molar refractivity (Wildman–Crippen MR) is 129 cm³/mol. The smallest absolute Gasteiger partial charge is 0.326 e. The van der Waals surface area contributed by atoms with Crippen LogP contribution in [0, 0.1) is 0 Å². The molecule has 2 amide bonds. The predicted octanol–water partition coefficient (Wildman–Crippen LogP) is 3.55. The number of pyridine rings is 1. The van der Waals surface area contributed by atoms with Gasteiger partial charge in [-0.2, -0.15) is 0 Å². The third-order valence-corrected chi connectivity index (χ3v) is 4.45. The van der Waals surface area contributed by atoms with Crippen molar-refractivity contribution in [3.8, 4) is 5.95 Å². The number of benzene rings is 2. The molecule has 0 spiro atoms. The highest BCUT2D eigenvalue weighted by Gasteiger charge is 2.18. The first-order chi connectivity index (χ1) is 16.4. The fourth-order valence-corrected chi connectivity index (χ4v) is 3.14. The number of hydrogen-bond donors (Lipinski definition) is 4. The standard InChI is InChI=1S/C24H22N8O2/c1-16(33)25-18-8-6-10-20(14-18)27-22-29-23(31-24(30-22)32-12-4-3-5-13-32)28-21-11-7-9-19(15-21)26-17(2)34/h3-15H,1-2H3,(H3-,25,26,27,28,29,30,31,33,34)/p+1. The average Bonchev–Trinajstić information content (AvgIpc) is 2.79. The van der Waals surface area contributed by atoms with Crippen molar-refractivity contribution in [2.24, 2.45) is 0 Å². The molecule has 10 nitrogen and oxygen atoms in total. The van der Waals surface area contributed by atoms with Gasteiger partial charge in [0.2, 0.25) is 11.8 Å². The van der Waals surface area contributed by atoms with Crippen molar-refractivity contribution in [3.05, 3.63) is 79.1 Å². The molecule has 0 aliphatic carbocycles. The minimum Gasteiger partial charge on any atom is -0.326 e. The molecular weight excluding hydrogens is 432 g/mol. The molecule has 10 heteroatoms. The van der Waals surface area contributed by atoms with Crippen LogP contribution in [0.4, 0.5) is 34.6 Å². The van der Waals surface area contributed by atoms with E-state index in [9.17, 15) is 9.59 Å². The van der Waals surface area contributed by atoms with E-state index in [1.165, 1.54) is 13.8 Å². The highest BCUT2D eigenvalue weighted by Crippen LogP contribution is 2.21. The minimum absolute atomic E-state index is 0.159. The van der Waals surface area contributed by atoms with Crippen molar-refractivity contribution in [1.82, 2.24) is 15.0 Å². The Labute approximate surface area is 196 Å². The fourth-order valence-electron chi connectivity index (χ4n) is 3.14. The lowest BCUT2D eigenvalue weighted by Crippen LogP contribution is -2.32. The zero-order chi connectivity index (χ0) is 23.9. The maximum atomic E-state index is 11.4. The lowest BCUT2D eigenvalue weighted by atomic mass is 10.2. The minimum atomic E-state index is -0.159. The zero-order valence-electron chi connectivity index (χ0n) is 18.6. The van der Waals surface area contributed by atoms with Crippen molar-refractivity contribution in [2.75, 3.05) is 21.3 Å². The maximum absolute atomic E-state index is 11.4. The lowest BCUT2D eigenvalue weighted by Gasteiger charge is -2.08. The first-order valence-electron chi connectivity index (χ1n) is 10.5. The van der Waals surface area contributed by atoms with Gasteiger partial charge < -0.3 is 21.3 Å². The number of aromatic nitrogens is 4. The quantitative estimate of drug-likeness (QED) is 0.314. The number of rotatable bonds is 7. The van der Waals surface area contributed by atoms with Gasteiger partial charge in [-0.3, -0.25) is 9.59 Å². The van der Waals surface area contributed by atoms with Crippen LogP contribution >= 0.6 is 0 Å². The monoisotopic (exact) mass is 455 g/mol. The van der Waals surface area contributed by atoms with E-state index in [0.29, 0.717) is 40.6 Å². The summed E-state index contributed by atoms with van der Waals surface area (Å²) in [6, 6.07) is 20.1. The van der Waals surface area contributed by atoms with Crippen LogP contribution in [-0.2, 0) is 9.59 Å². The van der Waals surface area contributed by atoms with E-state index in [4.69, 9.17) is 0 Å². The summed E-state index contributed by atoms with van der Waals surface area (Å²) < 4.78 is 1.76. The van der Waals surface area contributed by atoms with Crippen LogP contribution < -0.4 is 25.8 Å². The van der Waals surface area contributed by atoms with E-state index in [1.54, 1.807) is 28.8 Å². The average molecular weight is 456 g/mol. The zero-order valence-corrected chi connectivity index (χ0v) is 18.6. The summed E-state index contributed by atoms with van der Waals surface area (Å²) >= 11 is 0. The Morgan fingerprint density at radius 1 is 0.647 bits per heavy atom. The van der Waals surface area contributed by atoms with Gasteiger partial charge in [-0.15, -0.1) is 4.98 Å². The summed E-state index contributed by atoms with van der Waals surface area (Å²) in [5.74, 6) is 0.696. The van der Waals surface area contributed by atoms with Gasteiger partial charge in [-0.25, -0.2) is 4.57 Å². The van der Waals surface area contributed by atoms with Crippen molar-refractivity contribution >= 4 is 46.5 Å². The SMILES string of the molecule is CC(=O)Nc1cccc(Nc2nc(Nc3cccc(NC(C)=O)c3)nc(-[n+]3ccccc3)n2)c1. The largest absolute Gasteiger partial charge is 0.444 e. The van der Waals surface area contributed by atoms with Gasteiger partial charge in [0, 0.05) is 36.6 Å². The van der Waals surface area contributed by atoms with E-state index in [0.717, 1.165) is 0 Å². The number of nitrogens with one attached hydrogen (secondary N) is 4. The van der Waals surface area contributed by atoms with Crippen LogP contribution in [0.5, 0.6) is 0 Å². The molecule has 0 aliphatic rings. The topological polar surface area (TPSA) is 125 Å². The summed E-state index contributed by atoms with van der Waals surface area (Å²) in [5, 5.41) is 11.8. The number of nitrogens with zero attached hydrogens (tertiary/aromatic N) is 4. The van der Waals surface area contributed by atoms with Crippen molar-refractivity contribution in [2.45, 2.75) is 13.8 Å². The summed E-state index contributed by atoms with van der Waals surface area (Å²) in [6.07, 6.45) is 3.66. The van der Waals surface area contributed by atoms with Crippen LogP contribution in [0.25, 0.3) is 5.95 Å². The molecule has 0 radical (unpaired) electrons. The van der Waals surface area contributed by atoms with E-state index in [1.807, 2.05) is 54.9 Å². The molecule has 4 rings (SSSR count). The molecule has 0 saturated carbocycles. The van der Waals surface area contributed by atoms with Crippen LogP contribution in [0.3, 0.4) is 0 Å². The lowest BCUT2D eigenvalue weighted by molar-refractivity contribution is -0.603. The molecule has 0 unspecified atom stereocenters. The van der Waals surface area contributed by atoms with Crippen molar-refractivity contribution < 1.29 is 14.2 Å². The fraction of sp³-hybridized carbons (Fsp3) is 0.0833. The van der Waals surface area contributed by atoms with Crippen LogP contribution in [0.2, 0.25) is 0 Å². The number of carbonyl (C=O) groups excluding carboxylic acids is 2. The summed E-state index contributed by atoms with van der Waals surface area (Å²) in [6.45, 7) is 2.91. The van der Waals surface area contributed by atoms with E-state index < -0.39 is 0 Å². The van der Waals surface area contributed by atoms with Gasteiger partial charge in [0.1, 0.15) is 0 Å². The summed E-state index contributed by atoms with van der Waals surface area (Å²) in [5.41, 5.74) is 2.69. The molecule has 0 aliphatic heterocycles. The molecule has 0 fully saturated rings. The Kier molecular flexibility index (Phi) is 6.68. The van der Waals surface area contributed by atoms with Crippen LogP contribution in [0.15, 0.2) is 79.1 Å². The molecule has 4 aromatic rings. The molecule has 170 valence electrons. The van der Waals surface area contributed by atoms with Gasteiger partial charge in [-0.1, -0.05) is 18.2 Å². The normalized spacial score (nSPS) is 10.3. The Hall–Kier alpha value is -4.86. The molecular formula is C24H23N8O2+. The third-order valence-electron chi connectivity index (χ3n) is 4.45. The molecule has 2 heterocycles. The summed E-state index contributed by atoms with van der Waals surface area (Å²) in [4.78, 5) is 36.3. The van der Waals surface area contributed by atoms with Gasteiger partial charge in [0.05, 0.1) is 12.4 Å². The molecule has 2 aromatic carbocycles. The van der Waals surface area contributed by atoms with Crippen LogP contribution in [-0.4, -0.2) is 26.8 Å². The van der Waals surface area contributed by atoms with E-state index in [2.05, 4.69) is 36.2 Å². The number of amides is 2. The number of carbonyl (C=O) groups is 2. The highest BCUT2D eigenvalue weighted by molar-refractivity contribution is 5.90. The molecule has 2 aromatic heterocycles. The third kappa shape index (κ3) is 6.10. The molecule has 34 heavy (non-hydrogen) atoms. The second-order valence-electron chi connectivity index (χ2n) is 7.34. The van der Waals surface area contributed by atoms with Crippen molar-refractivity contribution in [1.29, 1.82) is 0 Å². The summed E-state index contributed by atoms with van der Waals surface area (Å²) in [7, 11) is 0. The first-order valence-corrected chi connectivity index (χ1v) is 10.5. The van der Waals surface area contributed by atoms with Gasteiger partial charge >= 0.3 is 17.8 Å². The Balaban J connectivity index is 1.66. The second-order valence-corrected chi connectivity index (χ2v) is 7.34. The molecule has 4 N–H and O–H groups in total. The molecule has 0 bridgehead atoms. The highest BCUT2D eigenvalue weighted by atomic mass is 16.2. The van der Waals surface area contributed by atoms with Gasteiger partial charge in [0.25, 0.3) is 0 Å². The van der Waals surface area contributed by atoms with Crippen molar-refractivity contribution in [3.63, 3.8) is 0 Å². The Morgan fingerprint density at radius 3 is 1.59 bits per heavy atom. The van der Waals surface area contributed by atoms with Gasteiger partial charge in [0.15, 0.2) is 0 Å². The first kappa shape index (κ1) is 22.3. The Bertz CT molecular complexity index is 1250. The van der Waals surface area contributed by atoms with E-state index >= 15 is 0 Å². The molecule has 0 saturated heterocycles. The second kappa shape index (κ2) is 10.2. The van der Waals surface area contributed by atoms with Gasteiger partial charge in [-0.05, 0) is 58.5 Å². The Morgan fingerprint density at radius 2 is 1.12 bits per heavy atom.